The Morgan fingerprint density at radius 3 is 2.82 bits per heavy atom. The average molecular weight is 239 g/mol. The highest BCUT2D eigenvalue weighted by atomic mass is 79.9. The molecule has 1 unspecified atom stereocenters. The summed E-state index contributed by atoms with van der Waals surface area (Å²) in [4.78, 5) is 10.4. The lowest BCUT2D eigenvalue weighted by molar-refractivity contribution is -0.142. The van der Waals surface area contributed by atoms with Crippen LogP contribution in [0.15, 0.2) is 15.9 Å². The fourth-order valence-corrected chi connectivity index (χ4v) is 2.14. The van der Waals surface area contributed by atoms with Crippen LogP contribution in [-0.4, -0.2) is 11.1 Å². The van der Waals surface area contributed by atoms with E-state index >= 15 is 0 Å². The predicted molar refractivity (Wildman–Crippen MR) is 43.5 cm³/mol. The van der Waals surface area contributed by atoms with Crippen LogP contribution >= 0.6 is 27.3 Å². The molecule has 5 heteroatoms. The largest absolute Gasteiger partial charge is 0.479 e. The van der Waals surface area contributed by atoms with E-state index in [1.807, 2.05) is 0 Å². The fraction of sp³-hybridized carbons (Fsp3) is 0.167. The average Bonchev–Trinajstić information content (AvgIpc) is 2.33. The summed E-state index contributed by atoms with van der Waals surface area (Å²) in [7, 11) is 0. The monoisotopic (exact) mass is 238 g/mol. The van der Waals surface area contributed by atoms with Crippen LogP contribution in [0.3, 0.4) is 0 Å². The number of carboxylic acids is 1. The number of hydrogen-bond acceptors (Lipinski definition) is 2. The van der Waals surface area contributed by atoms with Crippen molar-refractivity contribution in [1.82, 2.24) is 0 Å². The molecule has 1 N–H and O–H groups in total. The van der Waals surface area contributed by atoms with Gasteiger partial charge in [0.05, 0.1) is 4.88 Å². The Balaban J connectivity index is 2.92. The fourth-order valence-electron chi connectivity index (χ4n) is 0.598. The minimum absolute atomic E-state index is 0.206. The van der Waals surface area contributed by atoms with E-state index < -0.39 is 12.1 Å². The SMILES string of the molecule is O=C(O)C(F)c1sccc1Br. The molecule has 2 nitrogen and oxygen atoms in total. The second-order valence-corrected chi connectivity index (χ2v) is 3.64. The molecule has 0 bridgehead atoms. The zero-order chi connectivity index (χ0) is 8.43. The van der Waals surface area contributed by atoms with Gasteiger partial charge in [-0.3, -0.25) is 0 Å². The molecule has 0 spiro atoms. The van der Waals surface area contributed by atoms with Crippen molar-refractivity contribution in [3.05, 3.63) is 20.8 Å². The highest BCUT2D eigenvalue weighted by Gasteiger charge is 2.21. The number of halogens is 2. The van der Waals surface area contributed by atoms with Crippen LogP contribution in [-0.2, 0) is 4.79 Å². The van der Waals surface area contributed by atoms with Crippen molar-refractivity contribution < 1.29 is 14.3 Å². The second kappa shape index (κ2) is 3.32. The van der Waals surface area contributed by atoms with E-state index in [0.29, 0.717) is 4.47 Å². The van der Waals surface area contributed by atoms with Gasteiger partial charge in [-0.25, -0.2) is 9.18 Å². The molecule has 0 aliphatic rings. The van der Waals surface area contributed by atoms with Crippen molar-refractivity contribution in [3.8, 4) is 0 Å². The van der Waals surface area contributed by atoms with E-state index in [1.165, 1.54) is 0 Å². The van der Waals surface area contributed by atoms with E-state index in [1.54, 1.807) is 11.4 Å². The Labute approximate surface area is 74.8 Å². The van der Waals surface area contributed by atoms with E-state index in [4.69, 9.17) is 5.11 Å². The van der Waals surface area contributed by atoms with Crippen LogP contribution in [0.5, 0.6) is 0 Å². The first kappa shape index (κ1) is 8.67. The lowest BCUT2D eigenvalue weighted by Crippen LogP contribution is -2.04. The van der Waals surface area contributed by atoms with Crippen LogP contribution in [0, 0.1) is 0 Å². The van der Waals surface area contributed by atoms with E-state index in [0.717, 1.165) is 11.3 Å². The molecule has 1 heterocycles. The van der Waals surface area contributed by atoms with Crippen LogP contribution in [0.4, 0.5) is 4.39 Å². The summed E-state index contributed by atoms with van der Waals surface area (Å²) in [6, 6.07) is 1.62. The third kappa shape index (κ3) is 1.78. The maximum Gasteiger partial charge on any atom is 0.343 e. The van der Waals surface area contributed by atoms with Gasteiger partial charge in [0.2, 0.25) is 6.17 Å². The molecule has 0 fully saturated rings. The molecule has 0 aliphatic heterocycles. The molecule has 0 amide bonds. The summed E-state index contributed by atoms with van der Waals surface area (Å²) in [5.41, 5.74) is 0. The first-order chi connectivity index (χ1) is 5.13. The summed E-state index contributed by atoms with van der Waals surface area (Å²) in [6.45, 7) is 0. The Hall–Kier alpha value is -0.420. The lowest BCUT2D eigenvalue weighted by Gasteiger charge is -1.98. The van der Waals surface area contributed by atoms with Crippen molar-refractivity contribution in [1.29, 1.82) is 0 Å². The molecular formula is C6H4BrFO2S. The molecule has 1 aromatic rings. The highest BCUT2D eigenvalue weighted by molar-refractivity contribution is 9.10. The summed E-state index contributed by atoms with van der Waals surface area (Å²) in [5, 5.41) is 9.92. The smallest absolute Gasteiger partial charge is 0.343 e. The number of alkyl halides is 1. The molecule has 1 atom stereocenters. The van der Waals surface area contributed by atoms with Crippen LogP contribution in [0.2, 0.25) is 0 Å². The quantitative estimate of drug-likeness (QED) is 0.861. The molecule has 0 saturated heterocycles. The van der Waals surface area contributed by atoms with Gasteiger partial charge in [0.1, 0.15) is 0 Å². The molecule has 60 valence electrons. The molecule has 0 aromatic carbocycles. The van der Waals surface area contributed by atoms with Crippen LogP contribution in [0.1, 0.15) is 11.0 Å². The zero-order valence-electron chi connectivity index (χ0n) is 5.25. The molecule has 1 aromatic heterocycles. The lowest BCUT2D eigenvalue weighted by atomic mass is 10.3. The highest BCUT2D eigenvalue weighted by Crippen LogP contribution is 2.31. The summed E-state index contributed by atoms with van der Waals surface area (Å²) in [6.07, 6.45) is -1.91. The van der Waals surface area contributed by atoms with Gasteiger partial charge in [-0.2, -0.15) is 0 Å². The maximum atomic E-state index is 12.7. The number of thiophene rings is 1. The van der Waals surface area contributed by atoms with Gasteiger partial charge in [0.25, 0.3) is 0 Å². The number of carbonyl (C=O) groups is 1. The van der Waals surface area contributed by atoms with Crippen molar-refractivity contribution >= 4 is 33.2 Å². The van der Waals surface area contributed by atoms with Gasteiger partial charge in [-0.15, -0.1) is 11.3 Å². The van der Waals surface area contributed by atoms with Gasteiger partial charge < -0.3 is 5.11 Å². The van der Waals surface area contributed by atoms with Crippen molar-refractivity contribution in [3.63, 3.8) is 0 Å². The zero-order valence-corrected chi connectivity index (χ0v) is 7.65. The van der Waals surface area contributed by atoms with Crippen LogP contribution in [0.25, 0.3) is 0 Å². The number of carboxylic acid groups (broad SMARTS) is 1. The number of rotatable bonds is 2. The Bertz CT molecular complexity index is 273. The minimum Gasteiger partial charge on any atom is -0.479 e. The topological polar surface area (TPSA) is 37.3 Å². The molecule has 0 aliphatic carbocycles. The van der Waals surface area contributed by atoms with E-state index in [2.05, 4.69) is 15.9 Å². The molecule has 0 radical (unpaired) electrons. The third-order valence-electron chi connectivity index (χ3n) is 1.09. The minimum atomic E-state index is -1.91. The summed E-state index contributed by atoms with van der Waals surface area (Å²) >= 11 is 4.13. The van der Waals surface area contributed by atoms with Gasteiger partial charge in [0, 0.05) is 4.47 Å². The van der Waals surface area contributed by atoms with Gasteiger partial charge >= 0.3 is 5.97 Å². The summed E-state index contributed by atoms with van der Waals surface area (Å²) < 4.78 is 13.2. The molecule has 1 rings (SSSR count). The Morgan fingerprint density at radius 2 is 2.45 bits per heavy atom. The molecular weight excluding hydrogens is 235 g/mol. The third-order valence-corrected chi connectivity index (χ3v) is 3.00. The Kier molecular flexibility index (Phi) is 2.62. The number of aliphatic carboxylic acids is 1. The van der Waals surface area contributed by atoms with E-state index in [9.17, 15) is 9.18 Å². The Morgan fingerprint density at radius 1 is 1.82 bits per heavy atom. The van der Waals surface area contributed by atoms with Crippen LogP contribution < -0.4 is 0 Å². The van der Waals surface area contributed by atoms with Gasteiger partial charge in [0.15, 0.2) is 0 Å². The van der Waals surface area contributed by atoms with Gasteiger partial charge in [-0.1, -0.05) is 0 Å². The normalized spacial score (nSPS) is 12.9. The molecule has 0 saturated carbocycles. The second-order valence-electron chi connectivity index (χ2n) is 1.83. The first-order valence-electron chi connectivity index (χ1n) is 2.72. The maximum absolute atomic E-state index is 12.7. The first-order valence-corrected chi connectivity index (χ1v) is 4.40. The van der Waals surface area contributed by atoms with Gasteiger partial charge in [-0.05, 0) is 27.4 Å². The predicted octanol–water partition coefficient (Wildman–Crippen LogP) is 2.61. The van der Waals surface area contributed by atoms with Crippen molar-refractivity contribution in [2.24, 2.45) is 0 Å². The van der Waals surface area contributed by atoms with Crippen molar-refractivity contribution in [2.75, 3.05) is 0 Å². The standard InChI is InChI=1S/C6H4BrFO2S/c7-3-1-2-11-5(3)4(8)6(9)10/h1-2,4H,(H,9,10). The molecule has 11 heavy (non-hydrogen) atoms. The summed E-state index contributed by atoms with van der Waals surface area (Å²) in [5.74, 6) is -1.45. The van der Waals surface area contributed by atoms with E-state index in [-0.39, 0.29) is 4.88 Å². The number of hydrogen-bond donors (Lipinski definition) is 1. The van der Waals surface area contributed by atoms with Crippen molar-refractivity contribution in [2.45, 2.75) is 6.17 Å².